The Hall–Kier alpha value is -4.40. The minimum absolute atomic E-state index is 0.0930. The molecule has 9 nitrogen and oxygen atoms in total. The summed E-state index contributed by atoms with van der Waals surface area (Å²) in [6.45, 7) is 2.28. The number of aromatic nitrogens is 1. The van der Waals surface area contributed by atoms with Crippen LogP contribution >= 0.6 is 0 Å². The molecule has 0 atom stereocenters. The highest BCUT2D eigenvalue weighted by Gasteiger charge is 2.33. The maximum Gasteiger partial charge on any atom is 0.271 e. The molecule has 0 radical (unpaired) electrons. The fraction of sp³-hybridized carbons (Fsp3) is 0.130. The van der Waals surface area contributed by atoms with Gasteiger partial charge in [-0.3, -0.25) is 24.1 Å². The molecular formula is C23H18N4O5. The summed E-state index contributed by atoms with van der Waals surface area (Å²) in [7, 11) is 0. The van der Waals surface area contributed by atoms with Crippen molar-refractivity contribution in [3.63, 3.8) is 0 Å². The number of hydrogen-bond donors (Lipinski definition) is 3. The molecule has 0 aliphatic carbocycles. The molecule has 1 aliphatic heterocycles. The van der Waals surface area contributed by atoms with Crippen molar-refractivity contribution in [2.45, 2.75) is 20.0 Å². The van der Waals surface area contributed by atoms with Gasteiger partial charge in [0, 0.05) is 6.20 Å². The first kappa shape index (κ1) is 19.6. The van der Waals surface area contributed by atoms with Crippen molar-refractivity contribution in [3.8, 4) is 0 Å². The molecule has 1 aliphatic rings. The molecule has 160 valence electrons. The van der Waals surface area contributed by atoms with Crippen LogP contribution in [0.3, 0.4) is 0 Å². The first-order valence-corrected chi connectivity index (χ1v) is 9.95. The Labute approximate surface area is 181 Å². The van der Waals surface area contributed by atoms with Gasteiger partial charge in [0.1, 0.15) is 28.6 Å². The zero-order valence-corrected chi connectivity index (χ0v) is 17.0. The quantitative estimate of drug-likeness (QED) is 0.401. The number of hydrogen-bond acceptors (Lipinski definition) is 7. The number of anilines is 4. The summed E-state index contributed by atoms with van der Waals surface area (Å²) < 4.78 is 5.48. The van der Waals surface area contributed by atoms with Gasteiger partial charge in [0.05, 0.1) is 24.3 Å². The smallest absolute Gasteiger partial charge is 0.271 e. The van der Waals surface area contributed by atoms with Crippen LogP contribution in [0.1, 0.15) is 27.4 Å². The third-order valence-corrected chi connectivity index (χ3v) is 5.43. The number of nitrogens with zero attached hydrogens (tertiary/aromatic N) is 1. The molecule has 4 aromatic rings. The Kier molecular flexibility index (Phi) is 4.51. The fourth-order valence-corrected chi connectivity index (χ4v) is 3.86. The number of carbonyl (C=O) groups is 1. The first-order chi connectivity index (χ1) is 15.4. The average Bonchev–Trinajstić information content (AvgIpc) is 3.36. The maximum atomic E-state index is 13.1. The van der Waals surface area contributed by atoms with E-state index in [4.69, 9.17) is 4.42 Å². The highest BCUT2D eigenvalue weighted by molar-refractivity contribution is 6.13. The Morgan fingerprint density at radius 1 is 1.00 bits per heavy atom. The Bertz CT molecular complexity index is 1490. The molecule has 2 aromatic carbocycles. The summed E-state index contributed by atoms with van der Waals surface area (Å²) in [5.41, 5.74) is 0.272. The van der Waals surface area contributed by atoms with Crippen molar-refractivity contribution in [1.82, 2.24) is 4.98 Å². The summed E-state index contributed by atoms with van der Waals surface area (Å²) >= 11 is 0. The van der Waals surface area contributed by atoms with Crippen molar-refractivity contribution >= 4 is 28.7 Å². The Morgan fingerprint density at radius 3 is 2.56 bits per heavy atom. The van der Waals surface area contributed by atoms with Crippen molar-refractivity contribution in [2.24, 2.45) is 0 Å². The number of pyridine rings is 1. The third-order valence-electron chi connectivity index (χ3n) is 5.43. The van der Waals surface area contributed by atoms with Gasteiger partial charge in [-0.05, 0) is 42.8 Å². The summed E-state index contributed by atoms with van der Waals surface area (Å²) in [4.78, 5) is 53.6. The summed E-state index contributed by atoms with van der Waals surface area (Å²) in [6.07, 6.45) is 1.50. The van der Waals surface area contributed by atoms with Crippen LogP contribution in [-0.4, -0.2) is 10.9 Å². The second kappa shape index (κ2) is 7.38. The van der Waals surface area contributed by atoms with E-state index in [0.717, 1.165) is 5.76 Å². The van der Waals surface area contributed by atoms with E-state index in [2.05, 4.69) is 15.6 Å². The number of benzene rings is 1. The molecule has 32 heavy (non-hydrogen) atoms. The SMILES string of the molecule is Cc1ccc(CNc2c(Nc3cccc4c3C(=O)N(c3ccc[nH]c3=O)C4)c(=O)c2=O)o1. The minimum atomic E-state index is -0.664. The molecule has 0 saturated carbocycles. The zero-order valence-electron chi connectivity index (χ0n) is 17.0. The molecule has 1 amide bonds. The Morgan fingerprint density at radius 2 is 1.81 bits per heavy atom. The average molecular weight is 430 g/mol. The maximum absolute atomic E-state index is 13.1. The molecule has 9 heteroatoms. The van der Waals surface area contributed by atoms with Crippen molar-refractivity contribution in [3.05, 3.63) is 102 Å². The summed E-state index contributed by atoms with van der Waals surface area (Å²) in [6, 6.07) is 12.0. The van der Waals surface area contributed by atoms with E-state index >= 15 is 0 Å². The van der Waals surface area contributed by atoms with Gasteiger partial charge in [0.25, 0.3) is 22.3 Å². The summed E-state index contributed by atoms with van der Waals surface area (Å²) in [5, 5.41) is 5.88. The predicted molar refractivity (Wildman–Crippen MR) is 119 cm³/mol. The van der Waals surface area contributed by atoms with Crippen LogP contribution in [0.4, 0.5) is 22.7 Å². The third kappa shape index (κ3) is 3.11. The summed E-state index contributed by atoms with van der Waals surface area (Å²) in [5.74, 6) is 1.00. The molecule has 5 rings (SSSR count). The van der Waals surface area contributed by atoms with Crippen LogP contribution in [0.2, 0.25) is 0 Å². The highest BCUT2D eigenvalue weighted by Crippen LogP contribution is 2.33. The number of H-pyrrole nitrogens is 1. The standard InChI is InChI=1S/C23H18N4O5/c1-12-7-8-14(32-12)10-25-18-19(21(29)20(18)28)26-15-5-2-4-13-11-27(23(31)17(13)15)16-6-3-9-24-22(16)30/h2-9,25-26H,10-11H2,1H3,(H,24,30). The minimum Gasteiger partial charge on any atom is -0.465 e. The molecule has 0 unspecified atom stereocenters. The van der Waals surface area contributed by atoms with Crippen LogP contribution in [0.15, 0.2) is 67.5 Å². The van der Waals surface area contributed by atoms with E-state index in [1.807, 2.05) is 6.92 Å². The van der Waals surface area contributed by atoms with E-state index in [-0.39, 0.29) is 41.6 Å². The zero-order chi connectivity index (χ0) is 22.4. The molecular weight excluding hydrogens is 412 g/mol. The van der Waals surface area contributed by atoms with E-state index in [0.29, 0.717) is 22.6 Å². The number of fused-ring (bicyclic) bond motifs is 1. The van der Waals surface area contributed by atoms with Gasteiger partial charge in [-0.25, -0.2) is 0 Å². The van der Waals surface area contributed by atoms with Crippen LogP contribution in [0.5, 0.6) is 0 Å². The van der Waals surface area contributed by atoms with Crippen molar-refractivity contribution < 1.29 is 9.21 Å². The number of rotatable bonds is 6. The van der Waals surface area contributed by atoms with Crippen LogP contribution in [0, 0.1) is 6.92 Å². The topological polar surface area (TPSA) is 125 Å². The van der Waals surface area contributed by atoms with Gasteiger partial charge in [0.2, 0.25) is 0 Å². The molecule has 0 spiro atoms. The molecule has 3 heterocycles. The largest absolute Gasteiger partial charge is 0.465 e. The van der Waals surface area contributed by atoms with Crippen molar-refractivity contribution in [2.75, 3.05) is 15.5 Å². The number of nitrogens with one attached hydrogen (secondary N) is 3. The second-order valence-corrected chi connectivity index (χ2v) is 7.51. The highest BCUT2D eigenvalue weighted by atomic mass is 16.3. The normalized spacial score (nSPS) is 12.9. The van der Waals surface area contributed by atoms with Gasteiger partial charge in [-0.1, -0.05) is 12.1 Å². The van der Waals surface area contributed by atoms with Gasteiger partial charge in [-0.15, -0.1) is 0 Å². The van der Waals surface area contributed by atoms with Crippen LogP contribution < -0.4 is 32.0 Å². The predicted octanol–water partition coefficient (Wildman–Crippen LogP) is 2.39. The molecule has 0 saturated heterocycles. The number of carbonyl (C=O) groups excluding carboxylic acids is 1. The lowest BCUT2D eigenvalue weighted by Gasteiger charge is -2.16. The molecule has 0 fully saturated rings. The van der Waals surface area contributed by atoms with Crippen LogP contribution in [-0.2, 0) is 13.1 Å². The monoisotopic (exact) mass is 430 g/mol. The van der Waals surface area contributed by atoms with Gasteiger partial charge >= 0.3 is 0 Å². The lowest BCUT2D eigenvalue weighted by atomic mass is 10.1. The van der Waals surface area contributed by atoms with E-state index in [1.54, 1.807) is 42.5 Å². The first-order valence-electron chi connectivity index (χ1n) is 9.95. The van der Waals surface area contributed by atoms with E-state index in [1.165, 1.54) is 11.1 Å². The van der Waals surface area contributed by atoms with Crippen molar-refractivity contribution in [1.29, 1.82) is 0 Å². The number of amides is 1. The lowest BCUT2D eigenvalue weighted by Crippen LogP contribution is -2.36. The van der Waals surface area contributed by atoms with E-state index in [9.17, 15) is 19.2 Å². The number of aromatic amines is 1. The molecule has 0 bridgehead atoms. The number of aryl methyl sites for hydroxylation is 1. The van der Waals surface area contributed by atoms with Crippen LogP contribution in [0.25, 0.3) is 0 Å². The van der Waals surface area contributed by atoms with Gasteiger partial charge < -0.3 is 20.0 Å². The molecule has 3 N–H and O–H groups in total. The molecule has 2 aromatic heterocycles. The second-order valence-electron chi connectivity index (χ2n) is 7.51. The number of furan rings is 1. The van der Waals surface area contributed by atoms with Gasteiger partial charge in [-0.2, -0.15) is 0 Å². The fourth-order valence-electron chi connectivity index (χ4n) is 3.86. The lowest BCUT2D eigenvalue weighted by molar-refractivity contribution is 0.0997. The van der Waals surface area contributed by atoms with E-state index < -0.39 is 10.9 Å². The van der Waals surface area contributed by atoms with Gasteiger partial charge in [0.15, 0.2) is 0 Å². The Balaban J connectivity index is 1.43.